The Morgan fingerprint density at radius 1 is 1.22 bits per heavy atom. The van der Waals surface area contributed by atoms with E-state index in [4.69, 9.17) is 10.8 Å². The number of benzene rings is 1. The van der Waals surface area contributed by atoms with Crippen molar-refractivity contribution in [1.29, 1.82) is 0 Å². The first-order valence-corrected chi connectivity index (χ1v) is 9.54. The van der Waals surface area contributed by atoms with Crippen molar-refractivity contribution in [2.75, 3.05) is 5.73 Å². The van der Waals surface area contributed by atoms with Crippen molar-refractivity contribution in [2.24, 2.45) is 23.2 Å². The van der Waals surface area contributed by atoms with Crippen LogP contribution < -0.4 is 5.73 Å². The molecule has 4 unspecified atom stereocenters. The SMILES string of the molecule is Nc1cccc2c1CC(CC1CCC(=O)C3(CCC(=O)O)CC3C1=O)C2=O. The second-order valence-corrected chi connectivity index (χ2v) is 8.24. The molecule has 0 saturated heterocycles. The zero-order chi connectivity index (χ0) is 19.3. The molecule has 0 bridgehead atoms. The third kappa shape index (κ3) is 2.87. The summed E-state index contributed by atoms with van der Waals surface area (Å²) in [5.41, 5.74) is 7.37. The third-order valence-electron chi connectivity index (χ3n) is 6.75. The fraction of sp³-hybridized carbons (Fsp3) is 0.524. The van der Waals surface area contributed by atoms with Gasteiger partial charge in [-0.1, -0.05) is 12.1 Å². The van der Waals surface area contributed by atoms with E-state index in [1.54, 1.807) is 18.2 Å². The fourth-order valence-corrected chi connectivity index (χ4v) is 5.10. The van der Waals surface area contributed by atoms with Crippen LogP contribution in [0, 0.1) is 23.2 Å². The van der Waals surface area contributed by atoms with Crippen LogP contribution >= 0.6 is 0 Å². The maximum Gasteiger partial charge on any atom is 0.303 e. The molecule has 27 heavy (non-hydrogen) atoms. The van der Waals surface area contributed by atoms with Crippen LogP contribution in [0.15, 0.2) is 18.2 Å². The van der Waals surface area contributed by atoms with Gasteiger partial charge in [-0.05, 0) is 43.7 Å². The van der Waals surface area contributed by atoms with Crippen LogP contribution in [0.1, 0.15) is 54.4 Å². The standard InChI is InChI=1S/C21H23NO5/c22-16-3-1-2-13-14(16)9-12(19(13)26)8-11-4-5-17(23)21(7-6-18(24)25)10-15(21)20(11)27/h1-3,11-12,15H,4-10,22H2,(H,24,25). The molecule has 1 aromatic carbocycles. The predicted octanol–water partition coefficient (Wildman–Crippen LogP) is 2.43. The summed E-state index contributed by atoms with van der Waals surface area (Å²) >= 11 is 0. The lowest BCUT2D eigenvalue weighted by Gasteiger charge is -2.17. The minimum Gasteiger partial charge on any atom is -0.481 e. The van der Waals surface area contributed by atoms with Gasteiger partial charge in [0.15, 0.2) is 5.78 Å². The summed E-state index contributed by atoms with van der Waals surface area (Å²) < 4.78 is 0. The molecule has 0 spiro atoms. The summed E-state index contributed by atoms with van der Waals surface area (Å²) in [6, 6.07) is 5.33. The number of carboxylic acid groups (broad SMARTS) is 1. The van der Waals surface area contributed by atoms with Gasteiger partial charge in [0.2, 0.25) is 0 Å². The van der Waals surface area contributed by atoms with Gasteiger partial charge < -0.3 is 10.8 Å². The van der Waals surface area contributed by atoms with Crippen LogP contribution in [0.3, 0.4) is 0 Å². The van der Waals surface area contributed by atoms with Gasteiger partial charge in [-0.2, -0.15) is 0 Å². The Morgan fingerprint density at radius 3 is 2.70 bits per heavy atom. The maximum absolute atomic E-state index is 13.0. The van der Waals surface area contributed by atoms with Gasteiger partial charge in [0.1, 0.15) is 11.6 Å². The average Bonchev–Trinajstić information content (AvgIpc) is 3.30. The van der Waals surface area contributed by atoms with Gasteiger partial charge in [0.25, 0.3) is 0 Å². The molecule has 0 radical (unpaired) electrons. The molecular formula is C21H23NO5. The number of nitrogens with two attached hydrogens (primary N) is 1. The van der Waals surface area contributed by atoms with Crippen LogP contribution in [-0.4, -0.2) is 28.4 Å². The number of aliphatic carboxylic acids is 1. The Balaban J connectivity index is 1.48. The topological polar surface area (TPSA) is 115 Å². The monoisotopic (exact) mass is 369 g/mol. The Hall–Kier alpha value is -2.50. The van der Waals surface area contributed by atoms with E-state index in [1.165, 1.54) is 0 Å². The minimum atomic E-state index is -0.942. The van der Waals surface area contributed by atoms with E-state index in [9.17, 15) is 19.2 Å². The summed E-state index contributed by atoms with van der Waals surface area (Å²) in [7, 11) is 0. The second-order valence-electron chi connectivity index (χ2n) is 8.24. The number of carbonyl (C=O) groups is 4. The lowest BCUT2D eigenvalue weighted by molar-refractivity contribution is -0.138. The number of Topliss-reactive ketones (excluding diaryl/α,β-unsaturated/α-hetero) is 3. The minimum absolute atomic E-state index is 0.0230. The first-order valence-electron chi connectivity index (χ1n) is 9.54. The van der Waals surface area contributed by atoms with E-state index in [0.717, 1.165) is 5.56 Å². The van der Waals surface area contributed by atoms with E-state index in [-0.39, 0.29) is 47.9 Å². The van der Waals surface area contributed by atoms with E-state index >= 15 is 0 Å². The molecular weight excluding hydrogens is 346 g/mol. The number of rotatable bonds is 5. The summed E-state index contributed by atoms with van der Waals surface area (Å²) in [5.74, 6) is -1.77. The quantitative estimate of drug-likeness (QED) is 0.771. The van der Waals surface area contributed by atoms with Crippen LogP contribution in [0.25, 0.3) is 0 Å². The zero-order valence-electron chi connectivity index (χ0n) is 15.1. The third-order valence-corrected chi connectivity index (χ3v) is 6.75. The number of ketones is 3. The molecule has 4 atom stereocenters. The molecule has 142 valence electrons. The van der Waals surface area contributed by atoms with E-state index < -0.39 is 11.4 Å². The molecule has 0 aliphatic heterocycles. The van der Waals surface area contributed by atoms with Gasteiger partial charge in [-0.3, -0.25) is 19.2 Å². The molecule has 3 N–H and O–H groups in total. The van der Waals surface area contributed by atoms with Crippen molar-refractivity contribution >= 4 is 29.0 Å². The smallest absolute Gasteiger partial charge is 0.303 e. The van der Waals surface area contributed by atoms with Crippen molar-refractivity contribution in [1.82, 2.24) is 0 Å². The summed E-state index contributed by atoms with van der Waals surface area (Å²) in [4.78, 5) is 49.2. The molecule has 6 nitrogen and oxygen atoms in total. The number of nitrogen functional groups attached to an aromatic ring is 1. The highest BCUT2D eigenvalue weighted by Gasteiger charge is 2.64. The lowest BCUT2D eigenvalue weighted by Crippen LogP contribution is -2.23. The van der Waals surface area contributed by atoms with Gasteiger partial charge in [0, 0.05) is 47.3 Å². The highest BCUT2D eigenvalue weighted by molar-refractivity contribution is 6.04. The Labute approximate surface area is 157 Å². The van der Waals surface area contributed by atoms with Crippen molar-refractivity contribution < 1.29 is 24.3 Å². The molecule has 0 amide bonds. The van der Waals surface area contributed by atoms with Crippen LogP contribution in [0.4, 0.5) is 5.69 Å². The van der Waals surface area contributed by atoms with Crippen LogP contribution in [0.5, 0.6) is 0 Å². The van der Waals surface area contributed by atoms with Crippen molar-refractivity contribution in [3.63, 3.8) is 0 Å². The number of fused-ring (bicyclic) bond motifs is 2. The van der Waals surface area contributed by atoms with E-state index in [2.05, 4.69) is 0 Å². The van der Waals surface area contributed by atoms with Gasteiger partial charge >= 0.3 is 5.97 Å². The maximum atomic E-state index is 13.0. The number of hydrogen-bond donors (Lipinski definition) is 2. The van der Waals surface area contributed by atoms with Crippen LogP contribution in [-0.2, 0) is 20.8 Å². The fourth-order valence-electron chi connectivity index (χ4n) is 5.10. The van der Waals surface area contributed by atoms with Gasteiger partial charge in [-0.25, -0.2) is 0 Å². The number of carbonyl (C=O) groups excluding carboxylic acids is 3. The summed E-state index contributed by atoms with van der Waals surface area (Å²) in [6.07, 6.45) is 2.38. The van der Waals surface area contributed by atoms with Crippen molar-refractivity contribution in [2.45, 2.75) is 44.9 Å². The molecule has 0 heterocycles. The summed E-state index contributed by atoms with van der Waals surface area (Å²) in [6.45, 7) is 0. The Kier molecular flexibility index (Phi) is 4.17. The van der Waals surface area contributed by atoms with Gasteiger partial charge in [-0.15, -0.1) is 0 Å². The van der Waals surface area contributed by atoms with Crippen molar-refractivity contribution in [3.05, 3.63) is 29.3 Å². The highest BCUT2D eigenvalue weighted by Crippen LogP contribution is 2.60. The molecule has 2 fully saturated rings. The van der Waals surface area contributed by atoms with Gasteiger partial charge in [0.05, 0.1) is 0 Å². The lowest BCUT2D eigenvalue weighted by atomic mass is 9.85. The Bertz CT molecular complexity index is 860. The molecule has 0 aromatic heterocycles. The molecule has 3 aliphatic carbocycles. The van der Waals surface area contributed by atoms with E-state index in [1.807, 2.05) is 0 Å². The Morgan fingerprint density at radius 2 is 2.00 bits per heavy atom. The average molecular weight is 369 g/mol. The predicted molar refractivity (Wildman–Crippen MR) is 97.1 cm³/mol. The molecule has 3 aliphatic rings. The zero-order valence-corrected chi connectivity index (χ0v) is 15.1. The number of carboxylic acids is 1. The van der Waals surface area contributed by atoms with Crippen LogP contribution in [0.2, 0.25) is 0 Å². The number of anilines is 1. The molecule has 6 heteroatoms. The number of hydrogen-bond acceptors (Lipinski definition) is 5. The highest BCUT2D eigenvalue weighted by atomic mass is 16.4. The largest absolute Gasteiger partial charge is 0.481 e. The summed E-state index contributed by atoms with van der Waals surface area (Å²) in [5, 5.41) is 8.93. The molecule has 1 aromatic rings. The molecule has 2 saturated carbocycles. The second kappa shape index (κ2) is 6.29. The first-order chi connectivity index (χ1) is 12.8. The normalized spacial score (nSPS) is 32.0. The van der Waals surface area contributed by atoms with E-state index in [0.29, 0.717) is 43.4 Å². The molecule has 4 rings (SSSR count). The van der Waals surface area contributed by atoms with Crippen molar-refractivity contribution in [3.8, 4) is 0 Å². The first kappa shape index (κ1) is 17.9.